The van der Waals surface area contributed by atoms with Crippen LogP contribution in [-0.4, -0.2) is 41.2 Å². The third-order valence-electron chi connectivity index (χ3n) is 3.62. The first-order valence-corrected chi connectivity index (χ1v) is 7.10. The molecule has 1 N–H and O–H groups in total. The van der Waals surface area contributed by atoms with Crippen molar-refractivity contribution in [3.8, 4) is 11.5 Å². The van der Waals surface area contributed by atoms with Gasteiger partial charge in [0.05, 0.1) is 17.1 Å². The van der Waals surface area contributed by atoms with E-state index in [9.17, 15) is 0 Å². The fourth-order valence-corrected chi connectivity index (χ4v) is 2.65. The van der Waals surface area contributed by atoms with E-state index in [4.69, 9.17) is 16.1 Å². The number of likely N-dealkylation sites (N-methyl/N-ethyl adjacent to an activating group) is 1. The third-order valence-corrected chi connectivity index (χ3v) is 3.95. The number of hydrogen-bond acceptors (Lipinski definition) is 5. The second-order valence-electron chi connectivity index (χ2n) is 5.06. The van der Waals surface area contributed by atoms with Crippen molar-refractivity contribution in [1.82, 2.24) is 20.4 Å². The molecule has 2 aromatic rings. The molecule has 1 unspecified atom stereocenters. The highest BCUT2D eigenvalue weighted by molar-refractivity contribution is 6.33. The van der Waals surface area contributed by atoms with Gasteiger partial charge in [-0.1, -0.05) is 28.9 Å². The second kappa shape index (κ2) is 5.91. The van der Waals surface area contributed by atoms with Crippen molar-refractivity contribution in [3.05, 3.63) is 35.1 Å². The quantitative estimate of drug-likeness (QED) is 0.936. The molecule has 0 radical (unpaired) electrons. The van der Waals surface area contributed by atoms with Gasteiger partial charge in [-0.2, -0.15) is 4.98 Å². The van der Waals surface area contributed by atoms with Gasteiger partial charge in [-0.05, 0) is 32.1 Å². The summed E-state index contributed by atoms with van der Waals surface area (Å²) in [6.07, 6.45) is 1.16. The molecule has 3 rings (SSSR count). The molecule has 6 heteroatoms. The molecule has 0 spiro atoms. The van der Waals surface area contributed by atoms with Gasteiger partial charge in [-0.25, -0.2) is 0 Å². The molecule has 1 aromatic carbocycles. The molecule has 0 bridgehead atoms. The SMILES string of the molecule is CN(Cc1noc(-c2ccccc2Cl)n1)C1CCNC1. The van der Waals surface area contributed by atoms with Crippen molar-refractivity contribution >= 4 is 11.6 Å². The third kappa shape index (κ3) is 2.85. The fourth-order valence-electron chi connectivity index (χ4n) is 2.43. The van der Waals surface area contributed by atoms with Gasteiger partial charge in [-0.15, -0.1) is 0 Å². The molecule has 5 nitrogen and oxygen atoms in total. The molecule has 2 heterocycles. The van der Waals surface area contributed by atoms with Crippen LogP contribution in [0.3, 0.4) is 0 Å². The van der Waals surface area contributed by atoms with Crippen molar-refractivity contribution in [1.29, 1.82) is 0 Å². The van der Waals surface area contributed by atoms with Crippen molar-refractivity contribution < 1.29 is 4.52 Å². The number of benzene rings is 1. The van der Waals surface area contributed by atoms with Crippen molar-refractivity contribution in [2.75, 3.05) is 20.1 Å². The van der Waals surface area contributed by atoms with Crippen LogP contribution in [0.25, 0.3) is 11.5 Å². The molecule has 1 atom stereocenters. The van der Waals surface area contributed by atoms with Crippen LogP contribution in [0.2, 0.25) is 5.02 Å². The first kappa shape index (κ1) is 13.5. The smallest absolute Gasteiger partial charge is 0.259 e. The van der Waals surface area contributed by atoms with Crippen LogP contribution < -0.4 is 5.32 Å². The van der Waals surface area contributed by atoms with Crippen LogP contribution in [0.5, 0.6) is 0 Å². The Morgan fingerprint density at radius 1 is 1.45 bits per heavy atom. The number of nitrogens with zero attached hydrogens (tertiary/aromatic N) is 3. The normalized spacial score (nSPS) is 18.9. The molecule has 1 aliphatic rings. The summed E-state index contributed by atoms with van der Waals surface area (Å²) in [5, 5.41) is 8.01. The van der Waals surface area contributed by atoms with Crippen molar-refractivity contribution in [2.45, 2.75) is 19.0 Å². The fraction of sp³-hybridized carbons (Fsp3) is 0.429. The Kier molecular flexibility index (Phi) is 4.00. The number of rotatable bonds is 4. The number of halogens is 1. The summed E-state index contributed by atoms with van der Waals surface area (Å²) >= 11 is 6.13. The van der Waals surface area contributed by atoms with E-state index in [0.29, 0.717) is 29.3 Å². The lowest BCUT2D eigenvalue weighted by Gasteiger charge is -2.21. The maximum Gasteiger partial charge on any atom is 0.259 e. The van der Waals surface area contributed by atoms with E-state index >= 15 is 0 Å². The van der Waals surface area contributed by atoms with Crippen LogP contribution in [0.4, 0.5) is 0 Å². The van der Waals surface area contributed by atoms with E-state index in [1.807, 2.05) is 24.3 Å². The summed E-state index contributed by atoms with van der Waals surface area (Å²) in [6, 6.07) is 8.02. The van der Waals surface area contributed by atoms with Gasteiger partial charge in [0.2, 0.25) is 0 Å². The van der Waals surface area contributed by atoms with Crippen molar-refractivity contribution in [3.63, 3.8) is 0 Å². The zero-order valence-corrected chi connectivity index (χ0v) is 12.1. The van der Waals surface area contributed by atoms with Gasteiger partial charge in [-0.3, -0.25) is 4.90 Å². The zero-order chi connectivity index (χ0) is 13.9. The lowest BCUT2D eigenvalue weighted by Crippen LogP contribution is -2.33. The molecule has 0 saturated carbocycles. The van der Waals surface area contributed by atoms with E-state index in [0.717, 1.165) is 25.1 Å². The molecule has 1 aromatic heterocycles. The van der Waals surface area contributed by atoms with Crippen LogP contribution in [0, 0.1) is 0 Å². The van der Waals surface area contributed by atoms with Gasteiger partial charge in [0.15, 0.2) is 5.82 Å². The van der Waals surface area contributed by atoms with Crippen LogP contribution in [-0.2, 0) is 6.54 Å². The van der Waals surface area contributed by atoms with E-state index in [1.54, 1.807) is 0 Å². The minimum absolute atomic E-state index is 0.476. The lowest BCUT2D eigenvalue weighted by atomic mass is 10.2. The largest absolute Gasteiger partial charge is 0.334 e. The molecule has 1 aliphatic heterocycles. The zero-order valence-electron chi connectivity index (χ0n) is 11.3. The Labute approximate surface area is 122 Å². The van der Waals surface area contributed by atoms with Gasteiger partial charge in [0.1, 0.15) is 0 Å². The highest BCUT2D eigenvalue weighted by Gasteiger charge is 2.21. The van der Waals surface area contributed by atoms with E-state index < -0.39 is 0 Å². The topological polar surface area (TPSA) is 54.2 Å². The molecule has 0 aliphatic carbocycles. The highest BCUT2D eigenvalue weighted by Crippen LogP contribution is 2.26. The number of hydrogen-bond donors (Lipinski definition) is 1. The average Bonchev–Trinajstić information content (AvgIpc) is 3.10. The van der Waals surface area contributed by atoms with Crippen molar-refractivity contribution in [2.24, 2.45) is 0 Å². The molecule has 0 amide bonds. The standard InChI is InChI=1S/C14H17ClN4O/c1-19(10-6-7-16-8-10)9-13-17-14(20-18-13)11-4-2-3-5-12(11)15/h2-5,10,16H,6-9H2,1H3. The number of aromatic nitrogens is 2. The predicted molar refractivity (Wildman–Crippen MR) is 77.5 cm³/mol. The summed E-state index contributed by atoms with van der Waals surface area (Å²) in [7, 11) is 2.09. The Morgan fingerprint density at radius 3 is 3.05 bits per heavy atom. The summed E-state index contributed by atoms with van der Waals surface area (Å²) in [5.74, 6) is 1.16. The maximum atomic E-state index is 6.13. The molecular weight excluding hydrogens is 276 g/mol. The lowest BCUT2D eigenvalue weighted by molar-refractivity contribution is 0.239. The van der Waals surface area contributed by atoms with Crippen LogP contribution in [0.1, 0.15) is 12.2 Å². The summed E-state index contributed by atoms with van der Waals surface area (Å²) < 4.78 is 5.31. The predicted octanol–water partition coefficient (Wildman–Crippen LogP) is 2.18. The summed E-state index contributed by atoms with van der Waals surface area (Å²) in [5.41, 5.74) is 0.776. The minimum Gasteiger partial charge on any atom is -0.334 e. The summed E-state index contributed by atoms with van der Waals surface area (Å²) in [6.45, 7) is 2.78. The first-order valence-electron chi connectivity index (χ1n) is 6.72. The van der Waals surface area contributed by atoms with Gasteiger partial charge in [0.25, 0.3) is 5.89 Å². The maximum absolute atomic E-state index is 6.13. The second-order valence-corrected chi connectivity index (χ2v) is 5.46. The van der Waals surface area contributed by atoms with E-state index in [2.05, 4.69) is 27.4 Å². The summed E-state index contributed by atoms with van der Waals surface area (Å²) in [4.78, 5) is 6.68. The monoisotopic (exact) mass is 292 g/mol. The Morgan fingerprint density at radius 2 is 2.30 bits per heavy atom. The Balaban J connectivity index is 1.72. The number of nitrogens with one attached hydrogen (secondary N) is 1. The Hall–Kier alpha value is -1.43. The van der Waals surface area contributed by atoms with Gasteiger partial charge >= 0.3 is 0 Å². The average molecular weight is 293 g/mol. The van der Waals surface area contributed by atoms with Gasteiger partial charge < -0.3 is 9.84 Å². The molecule has 20 heavy (non-hydrogen) atoms. The highest BCUT2D eigenvalue weighted by atomic mass is 35.5. The Bertz CT molecular complexity index is 580. The van der Waals surface area contributed by atoms with E-state index in [1.165, 1.54) is 0 Å². The first-order chi connectivity index (χ1) is 9.74. The molecule has 1 saturated heterocycles. The molecule has 106 valence electrons. The van der Waals surface area contributed by atoms with Crippen LogP contribution >= 0.6 is 11.6 Å². The van der Waals surface area contributed by atoms with Crippen LogP contribution in [0.15, 0.2) is 28.8 Å². The minimum atomic E-state index is 0.476. The molecule has 1 fully saturated rings. The molecular formula is C14H17ClN4O. The van der Waals surface area contributed by atoms with Gasteiger partial charge in [0, 0.05) is 12.6 Å². The van der Waals surface area contributed by atoms with E-state index in [-0.39, 0.29) is 0 Å².